The predicted molar refractivity (Wildman–Crippen MR) is 84.2 cm³/mol. The summed E-state index contributed by atoms with van der Waals surface area (Å²) >= 11 is 1.87. The highest BCUT2D eigenvalue weighted by Crippen LogP contribution is 2.35. The number of nitrogens with zero attached hydrogens (tertiary/aromatic N) is 2. The van der Waals surface area contributed by atoms with Gasteiger partial charge in [0, 0.05) is 25.0 Å². The van der Waals surface area contributed by atoms with Gasteiger partial charge in [-0.3, -0.25) is 0 Å². The standard InChI is InChI=1S/C15H27N3S/c1-5-11(3)14-13(9-16-6-2)19-15(17-14)18(4)10-12-7-8-12/h11-12,16H,5-10H2,1-4H3. The van der Waals surface area contributed by atoms with Gasteiger partial charge in [0.05, 0.1) is 5.69 Å². The summed E-state index contributed by atoms with van der Waals surface area (Å²) in [5.41, 5.74) is 1.31. The van der Waals surface area contributed by atoms with E-state index in [0.29, 0.717) is 5.92 Å². The topological polar surface area (TPSA) is 28.2 Å². The van der Waals surface area contributed by atoms with Gasteiger partial charge in [-0.05, 0) is 37.6 Å². The molecular weight excluding hydrogens is 254 g/mol. The summed E-state index contributed by atoms with van der Waals surface area (Å²) in [4.78, 5) is 8.69. The van der Waals surface area contributed by atoms with Crippen molar-refractivity contribution in [2.45, 2.75) is 52.5 Å². The normalized spacial score (nSPS) is 16.6. The molecule has 0 spiro atoms. The second-order valence-corrected chi connectivity index (χ2v) is 6.78. The molecule has 3 nitrogen and oxygen atoms in total. The van der Waals surface area contributed by atoms with Crippen LogP contribution in [0.15, 0.2) is 0 Å². The number of rotatable bonds is 8. The molecule has 0 aliphatic heterocycles. The Kier molecular flexibility index (Phi) is 5.22. The van der Waals surface area contributed by atoms with Crippen molar-refractivity contribution in [2.24, 2.45) is 5.92 Å². The Labute approximate surface area is 121 Å². The zero-order valence-electron chi connectivity index (χ0n) is 12.7. The second-order valence-electron chi connectivity index (χ2n) is 5.72. The monoisotopic (exact) mass is 281 g/mol. The molecule has 1 unspecified atom stereocenters. The molecule has 1 atom stereocenters. The lowest BCUT2D eigenvalue weighted by molar-refractivity contribution is 0.676. The van der Waals surface area contributed by atoms with Crippen LogP contribution in [0.2, 0.25) is 0 Å². The Morgan fingerprint density at radius 3 is 2.74 bits per heavy atom. The van der Waals surface area contributed by atoms with Crippen LogP contribution in [0.5, 0.6) is 0 Å². The lowest BCUT2D eigenvalue weighted by atomic mass is 10.0. The van der Waals surface area contributed by atoms with E-state index < -0.39 is 0 Å². The van der Waals surface area contributed by atoms with E-state index in [4.69, 9.17) is 4.98 Å². The van der Waals surface area contributed by atoms with Crippen molar-refractivity contribution in [2.75, 3.05) is 25.0 Å². The summed E-state index contributed by atoms with van der Waals surface area (Å²) in [6.07, 6.45) is 3.96. The summed E-state index contributed by atoms with van der Waals surface area (Å²) in [7, 11) is 2.19. The summed E-state index contributed by atoms with van der Waals surface area (Å²) in [5.74, 6) is 1.48. The Morgan fingerprint density at radius 1 is 1.42 bits per heavy atom. The van der Waals surface area contributed by atoms with Gasteiger partial charge in [-0.2, -0.15) is 0 Å². The third-order valence-corrected chi connectivity index (χ3v) is 5.07. The molecule has 0 saturated heterocycles. The van der Waals surface area contributed by atoms with Crippen molar-refractivity contribution in [1.82, 2.24) is 10.3 Å². The summed E-state index contributed by atoms with van der Waals surface area (Å²) < 4.78 is 0. The minimum atomic E-state index is 0.563. The first-order valence-electron chi connectivity index (χ1n) is 7.57. The minimum Gasteiger partial charge on any atom is -0.351 e. The van der Waals surface area contributed by atoms with E-state index in [2.05, 4.69) is 38.0 Å². The maximum absolute atomic E-state index is 4.92. The minimum absolute atomic E-state index is 0.563. The van der Waals surface area contributed by atoms with E-state index in [1.807, 2.05) is 11.3 Å². The quantitative estimate of drug-likeness (QED) is 0.789. The molecule has 1 aliphatic carbocycles. The van der Waals surface area contributed by atoms with Crippen LogP contribution < -0.4 is 10.2 Å². The number of nitrogens with one attached hydrogen (secondary N) is 1. The van der Waals surface area contributed by atoms with Gasteiger partial charge in [-0.1, -0.05) is 20.8 Å². The highest BCUT2D eigenvalue weighted by Gasteiger charge is 2.25. The van der Waals surface area contributed by atoms with Gasteiger partial charge < -0.3 is 10.2 Å². The third-order valence-electron chi connectivity index (χ3n) is 3.89. The Morgan fingerprint density at radius 2 is 2.16 bits per heavy atom. The van der Waals surface area contributed by atoms with Gasteiger partial charge in [0.2, 0.25) is 0 Å². The van der Waals surface area contributed by atoms with E-state index in [1.54, 1.807) is 0 Å². The van der Waals surface area contributed by atoms with Gasteiger partial charge in [-0.15, -0.1) is 11.3 Å². The number of thiazole rings is 1. The molecule has 4 heteroatoms. The maximum atomic E-state index is 4.92. The first kappa shape index (κ1) is 14.8. The lowest BCUT2D eigenvalue weighted by Gasteiger charge is -2.14. The molecule has 1 aromatic heterocycles. The summed E-state index contributed by atoms with van der Waals surface area (Å²) in [6.45, 7) is 9.85. The Bertz CT molecular complexity index is 398. The van der Waals surface area contributed by atoms with Crippen LogP contribution in [0.1, 0.15) is 56.5 Å². The van der Waals surface area contributed by atoms with Crippen LogP contribution in [0, 0.1) is 5.92 Å². The van der Waals surface area contributed by atoms with E-state index >= 15 is 0 Å². The van der Waals surface area contributed by atoms with Crippen molar-refractivity contribution >= 4 is 16.5 Å². The van der Waals surface area contributed by atoms with Crippen molar-refractivity contribution in [3.05, 3.63) is 10.6 Å². The fourth-order valence-corrected chi connectivity index (χ4v) is 3.34. The lowest BCUT2D eigenvalue weighted by Crippen LogP contribution is -2.19. The molecule has 0 radical (unpaired) electrons. The van der Waals surface area contributed by atoms with Crippen LogP contribution in [0.4, 0.5) is 5.13 Å². The molecule has 2 rings (SSSR count). The van der Waals surface area contributed by atoms with Gasteiger partial charge >= 0.3 is 0 Å². The molecule has 1 N–H and O–H groups in total. The molecule has 0 aromatic carbocycles. The molecule has 1 fully saturated rings. The summed E-state index contributed by atoms with van der Waals surface area (Å²) in [5, 5.41) is 4.64. The number of aromatic nitrogens is 1. The second kappa shape index (κ2) is 6.71. The van der Waals surface area contributed by atoms with Crippen LogP contribution in [-0.4, -0.2) is 25.1 Å². The predicted octanol–water partition coefficient (Wildman–Crippen LogP) is 3.61. The largest absolute Gasteiger partial charge is 0.351 e. The van der Waals surface area contributed by atoms with Crippen LogP contribution in [0.3, 0.4) is 0 Å². The third kappa shape index (κ3) is 3.93. The van der Waals surface area contributed by atoms with Crippen LogP contribution in [0.25, 0.3) is 0 Å². The average molecular weight is 281 g/mol. The van der Waals surface area contributed by atoms with Crippen molar-refractivity contribution in [3.63, 3.8) is 0 Å². The number of hydrogen-bond acceptors (Lipinski definition) is 4. The van der Waals surface area contributed by atoms with Crippen molar-refractivity contribution < 1.29 is 0 Å². The molecular formula is C15H27N3S. The zero-order valence-corrected chi connectivity index (χ0v) is 13.5. The summed E-state index contributed by atoms with van der Waals surface area (Å²) in [6, 6.07) is 0. The fraction of sp³-hybridized carbons (Fsp3) is 0.800. The SMILES string of the molecule is CCNCc1sc(N(C)CC2CC2)nc1C(C)CC. The van der Waals surface area contributed by atoms with E-state index in [9.17, 15) is 0 Å². The van der Waals surface area contributed by atoms with Gasteiger partial charge in [-0.25, -0.2) is 4.98 Å². The first-order chi connectivity index (χ1) is 9.15. The highest BCUT2D eigenvalue weighted by atomic mass is 32.1. The van der Waals surface area contributed by atoms with E-state index in [-0.39, 0.29) is 0 Å². The Hall–Kier alpha value is -0.610. The smallest absolute Gasteiger partial charge is 0.185 e. The molecule has 1 heterocycles. The maximum Gasteiger partial charge on any atom is 0.185 e. The van der Waals surface area contributed by atoms with E-state index in [0.717, 1.165) is 25.4 Å². The number of hydrogen-bond donors (Lipinski definition) is 1. The van der Waals surface area contributed by atoms with E-state index in [1.165, 1.54) is 35.1 Å². The Balaban J connectivity index is 2.11. The van der Waals surface area contributed by atoms with Crippen LogP contribution >= 0.6 is 11.3 Å². The first-order valence-corrected chi connectivity index (χ1v) is 8.38. The molecule has 1 aromatic rings. The molecule has 0 bridgehead atoms. The highest BCUT2D eigenvalue weighted by molar-refractivity contribution is 7.15. The molecule has 1 saturated carbocycles. The molecule has 19 heavy (non-hydrogen) atoms. The molecule has 108 valence electrons. The van der Waals surface area contributed by atoms with Gasteiger partial charge in [0.1, 0.15) is 0 Å². The van der Waals surface area contributed by atoms with Gasteiger partial charge in [0.15, 0.2) is 5.13 Å². The van der Waals surface area contributed by atoms with Gasteiger partial charge in [0.25, 0.3) is 0 Å². The van der Waals surface area contributed by atoms with Crippen LogP contribution in [-0.2, 0) is 6.54 Å². The fourth-order valence-electron chi connectivity index (χ4n) is 2.22. The number of anilines is 1. The average Bonchev–Trinajstić information content (AvgIpc) is 3.12. The molecule has 0 amide bonds. The van der Waals surface area contributed by atoms with Crippen molar-refractivity contribution in [3.8, 4) is 0 Å². The molecule has 1 aliphatic rings. The van der Waals surface area contributed by atoms with Crippen molar-refractivity contribution in [1.29, 1.82) is 0 Å². The zero-order chi connectivity index (χ0) is 13.8.